The summed E-state index contributed by atoms with van der Waals surface area (Å²) in [6.45, 7) is 6.43. The number of nitrogens with zero attached hydrogens (tertiary/aromatic N) is 1. The second-order valence-corrected chi connectivity index (χ2v) is 4.22. The van der Waals surface area contributed by atoms with E-state index in [4.69, 9.17) is 16.4 Å². The van der Waals surface area contributed by atoms with Gasteiger partial charge in [0.05, 0.1) is 11.6 Å². The fraction of sp³-hybridized carbons (Fsp3) is 0.875. The zero-order valence-electron chi connectivity index (χ0n) is 7.22. The molecule has 0 saturated carbocycles. The molecule has 0 aromatic heterocycles. The Kier molecular flexibility index (Phi) is 2.43. The van der Waals surface area contributed by atoms with Gasteiger partial charge in [-0.2, -0.15) is 0 Å². The van der Waals surface area contributed by atoms with E-state index in [9.17, 15) is 0 Å². The highest BCUT2D eigenvalue weighted by Crippen LogP contribution is 2.28. The van der Waals surface area contributed by atoms with Crippen LogP contribution in [0.4, 0.5) is 0 Å². The average Bonchev–Trinajstić information content (AvgIpc) is 2.32. The molecule has 3 heteroatoms. The van der Waals surface area contributed by atoms with Crippen molar-refractivity contribution in [3.63, 3.8) is 0 Å². The van der Waals surface area contributed by atoms with Gasteiger partial charge in [-0.15, -0.1) is 11.6 Å². The first-order valence-corrected chi connectivity index (χ1v) is 4.35. The topological polar surface area (TPSA) is 21.6 Å². The molecule has 0 fully saturated rings. The molecule has 1 unspecified atom stereocenters. The monoisotopic (exact) mass is 175 g/mol. The summed E-state index contributed by atoms with van der Waals surface area (Å²) in [5.41, 5.74) is 1.13. The van der Waals surface area contributed by atoms with Crippen LogP contribution < -0.4 is 0 Å². The maximum atomic E-state index is 5.61. The van der Waals surface area contributed by atoms with Crippen LogP contribution in [0, 0.1) is 5.41 Å². The van der Waals surface area contributed by atoms with Crippen LogP contribution in [-0.4, -0.2) is 17.7 Å². The van der Waals surface area contributed by atoms with Crippen LogP contribution in [0.25, 0.3) is 0 Å². The Labute approximate surface area is 72.6 Å². The minimum atomic E-state index is 0.164. The molecule has 1 atom stereocenters. The van der Waals surface area contributed by atoms with Gasteiger partial charge in [-0.3, -0.25) is 0 Å². The van der Waals surface area contributed by atoms with Crippen LogP contribution in [0.5, 0.6) is 0 Å². The highest BCUT2D eigenvalue weighted by molar-refractivity contribution is 6.28. The first kappa shape index (κ1) is 8.85. The van der Waals surface area contributed by atoms with E-state index >= 15 is 0 Å². The quantitative estimate of drug-likeness (QED) is 0.561. The molecule has 64 valence electrons. The minimum Gasteiger partial charge on any atom is -0.392 e. The van der Waals surface area contributed by atoms with E-state index < -0.39 is 0 Å². The molecule has 0 radical (unpaired) electrons. The Hall–Kier alpha value is -0.240. The van der Waals surface area contributed by atoms with E-state index in [1.54, 1.807) is 0 Å². The summed E-state index contributed by atoms with van der Waals surface area (Å²) >= 11 is 5.61. The molecule has 2 nitrogen and oxygen atoms in total. The van der Waals surface area contributed by atoms with Crippen molar-refractivity contribution in [2.24, 2.45) is 10.6 Å². The van der Waals surface area contributed by atoms with Crippen molar-refractivity contribution in [3.05, 3.63) is 0 Å². The van der Waals surface area contributed by atoms with Gasteiger partial charge in [0.25, 0.3) is 0 Å². The first-order chi connectivity index (χ1) is 5.04. The molecule has 1 aliphatic rings. The summed E-state index contributed by atoms with van der Waals surface area (Å²) in [5, 5.41) is 3.89. The Balaban J connectivity index is 2.48. The molecule has 0 N–H and O–H groups in total. The third-order valence-corrected chi connectivity index (χ3v) is 2.16. The lowest BCUT2D eigenvalue weighted by molar-refractivity contribution is 0.00831. The molecule has 0 bridgehead atoms. The summed E-state index contributed by atoms with van der Waals surface area (Å²) < 4.78 is 0. The van der Waals surface area contributed by atoms with E-state index in [-0.39, 0.29) is 11.5 Å². The number of alkyl halides is 1. The molecule has 0 saturated heterocycles. The second kappa shape index (κ2) is 3.02. The Morgan fingerprint density at radius 3 is 2.55 bits per heavy atom. The van der Waals surface area contributed by atoms with Crippen LogP contribution in [0.3, 0.4) is 0 Å². The van der Waals surface area contributed by atoms with E-state index in [0.29, 0.717) is 5.88 Å². The molecule has 1 aliphatic heterocycles. The molecule has 0 amide bonds. The Morgan fingerprint density at radius 2 is 2.27 bits per heavy atom. The number of hydrogen-bond acceptors (Lipinski definition) is 2. The van der Waals surface area contributed by atoms with Gasteiger partial charge in [-0.1, -0.05) is 25.9 Å². The molecule has 0 aliphatic carbocycles. The normalized spacial score (nSPS) is 24.7. The van der Waals surface area contributed by atoms with E-state index in [0.717, 1.165) is 12.1 Å². The third-order valence-electron chi connectivity index (χ3n) is 1.85. The summed E-state index contributed by atoms with van der Waals surface area (Å²) in [5.74, 6) is 0.493. The first-order valence-electron chi connectivity index (χ1n) is 3.81. The Bertz CT molecular complexity index is 171. The summed E-state index contributed by atoms with van der Waals surface area (Å²) in [7, 11) is 0. The van der Waals surface area contributed by atoms with E-state index in [1.165, 1.54) is 0 Å². The van der Waals surface area contributed by atoms with Gasteiger partial charge in [0.15, 0.2) is 0 Å². The highest BCUT2D eigenvalue weighted by atomic mass is 35.5. The summed E-state index contributed by atoms with van der Waals surface area (Å²) in [6, 6.07) is 0. The van der Waals surface area contributed by atoms with Crippen molar-refractivity contribution < 1.29 is 4.84 Å². The SMILES string of the molecule is CC(C)(C)C1CC(CCl)=NO1. The fourth-order valence-corrected chi connectivity index (χ4v) is 1.13. The lowest BCUT2D eigenvalue weighted by atomic mass is 9.87. The Morgan fingerprint density at radius 1 is 1.64 bits per heavy atom. The maximum Gasteiger partial charge on any atom is 0.137 e. The molecular weight excluding hydrogens is 162 g/mol. The fourth-order valence-electron chi connectivity index (χ4n) is 0.970. The van der Waals surface area contributed by atoms with Crippen molar-refractivity contribution in [3.8, 4) is 0 Å². The van der Waals surface area contributed by atoms with Crippen molar-refractivity contribution in [2.45, 2.75) is 33.3 Å². The number of hydrogen-bond donors (Lipinski definition) is 0. The van der Waals surface area contributed by atoms with Gasteiger partial charge in [-0.05, 0) is 0 Å². The third kappa shape index (κ3) is 2.09. The molecular formula is C8H14ClNO. The van der Waals surface area contributed by atoms with E-state index in [2.05, 4.69) is 25.9 Å². The van der Waals surface area contributed by atoms with Gasteiger partial charge in [-0.25, -0.2) is 0 Å². The van der Waals surface area contributed by atoms with E-state index in [1.807, 2.05) is 0 Å². The molecule has 1 heterocycles. The molecule has 11 heavy (non-hydrogen) atoms. The predicted molar refractivity (Wildman–Crippen MR) is 47.1 cm³/mol. The van der Waals surface area contributed by atoms with Crippen LogP contribution >= 0.6 is 11.6 Å². The van der Waals surface area contributed by atoms with Crippen LogP contribution in [0.15, 0.2) is 5.16 Å². The van der Waals surface area contributed by atoms with Crippen molar-refractivity contribution in [1.29, 1.82) is 0 Å². The lowest BCUT2D eigenvalue weighted by Gasteiger charge is -2.23. The van der Waals surface area contributed by atoms with Gasteiger partial charge >= 0.3 is 0 Å². The standard InChI is InChI=1S/C8H14ClNO/c1-8(2,3)7-4-6(5-9)10-11-7/h7H,4-5H2,1-3H3. The van der Waals surface area contributed by atoms with Crippen molar-refractivity contribution >= 4 is 17.3 Å². The lowest BCUT2D eigenvalue weighted by Crippen LogP contribution is -2.26. The van der Waals surface area contributed by atoms with Crippen LogP contribution in [-0.2, 0) is 4.84 Å². The van der Waals surface area contributed by atoms with Crippen LogP contribution in [0.1, 0.15) is 27.2 Å². The molecule has 0 aromatic rings. The minimum absolute atomic E-state index is 0.164. The maximum absolute atomic E-state index is 5.61. The predicted octanol–water partition coefficient (Wildman–Crippen LogP) is 2.42. The van der Waals surface area contributed by atoms with Gasteiger partial charge < -0.3 is 4.84 Å². The molecule has 0 spiro atoms. The van der Waals surface area contributed by atoms with Crippen molar-refractivity contribution in [2.75, 3.05) is 5.88 Å². The number of halogens is 1. The number of oxime groups is 1. The average molecular weight is 176 g/mol. The second-order valence-electron chi connectivity index (χ2n) is 3.96. The smallest absolute Gasteiger partial charge is 0.137 e. The largest absolute Gasteiger partial charge is 0.392 e. The van der Waals surface area contributed by atoms with Gasteiger partial charge in [0.1, 0.15) is 6.10 Å². The van der Waals surface area contributed by atoms with Crippen molar-refractivity contribution in [1.82, 2.24) is 0 Å². The summed E-state index contributed by atoms with van der Waals surface area (Å²) in [4.78, 5) is 5.22. The zero-order chi connectivity index (χ0) is 8.48. The summed E-state index contributed by atoms with van der Waals surface area (Å²) in [6.07, 6.45) is 1.09. The van der Waals surface area contributed by atoms with Gasteiger partial charge in [0, 0.05) is 11.8 Å². The highest BCUT2D eigenvalue weighted by Gasteiger charge is 2.31. The molecule has 0 aromatic carbocycles. The zero-order valence-corrected chi connectivity index (χ0v) is 7.98. The van der Waals surface area contributed by atoms with Crippen LogP contribution in [0.2, 0.25) is 0 Å². The number of rotatable bonds is 1. The van der Waals surface area contributed by atoms with Gasteiger partial charge in [0.2, 0.25) is 0 Å². The molecule has 1 rings (SSSR count).